The first-order valence-electron chi connectivity index (χ1n) is 9.06. The summed E-state index contributed by atoms with van der Waals surface area (Å²) in [6, 6.07) is 1.72. The van der Waals surface area contributed by atoms with E-state index in [-0.39, 0.29) is 24.5 Å². The van der Waals surface area contributed by atoms with Crippen molar-refractivity contribution in [3.8, 4) is 11.4 Å². The van der Waals surface area contributed by atoms with E-state index in [0.29, 0.717) is 46.6 Å². The Labute approximate surface area is 170 Å². The van der Waals surface area contributed by atoms with Crippen molar-refractivity contribution in [1.82, 2.24) is 19.9 Å². The number of aromatic amines is 1. The van der Waals surface area contributed by atoms with Gasteiger partial charge in [0.2, 0.25) is 5.91 Å². The molecule has 1 saturated carbocycles. The van der Waals surface area contributed by atoms with E-state index in [2.05, 4.69) is 24.9 Å². The van der Waals surface area contributed by atoms with Gasteiger partial charge in [-0.1, -0.05) is 11.6 Å². The van der Waals surface area contributed by atoms with Crippen molar-refractivity contribution in [1.29, 1.82) is 0 Å². The van der Waals surface area contributed by atoms with E-state index in [1.807, 2.05) is 0 Å². The second kappa shape index (κ2) is 7.49. The largest absolute Gasteiger partial charge is 0.389 e. The SMILES string of the molecule is NC(=O)C[C@]1(O)CCCC(=Nc2nc(-c3c[nH]c4ncc(Cl)cc34)ncc2F)C1. The summed E-state index contributed by atoms with van der Waals surface area (Å²) in [7, 11) is 0. The van der Waals surface area contributed by atoms with Gasteiger partial charge in [0.05, 0.1) is 23.2 Å². The van der Waals surface area contributed by atoms with Gasteiger partial charge in [0.1, 0.15) is 5.65 Å². The third-order valence-corrected chi connectivity index (χ3v) is 5.08. The van der Waals surface area contributed by atoms with Gasteiger partial charge in [-0.25, -0.2) is 24.3 Å². The van der Waals surface area contributed by atoms with Crippen LogP contribution in [0, 0.1) is 5.82 Å². The summed E-state index contributed by atoms with van der Waals surface area (Å²) >= 11 is 6.03. The molecule has 1 atom stereocenters. The van der Waals surface area contributed by atoms with Crippen molar-refractivity contribution in [2.24, 2.45) is 10.7 Å². The van der Waals surface area contributed by atoms with Crippen molar-refractivity contribution in [3.63, 3.8) is 0 Å². The monoisotopic (exact) mass is 416 g/mol. The summed E-state index contributed by atoms with van der Waals surface area (Å²) < 4.78 is 14.3. The zero-order valence-electron chi connectivity index (χ0n) is 15.3. The van der Waals surface area contributed by atoms with Crippen molar-refractivity contribution in [2.75, 3.05) is 0 Å². The predicted octanol–water partition coefficient (Wildman–Crippen LogP) is 3.07. The number of carbonyl (C=O) groups is 1. The van der Waals surface area contributed by atoms with E-state index in [1.54, 1.807) is 12.3 Å². The molecule has 1 aliphatic carbocycles. The third-order valence-electron chi connectivity index (χ3n) is 4.87. The molecule has 0 aliphatic heterocycles. The van der Waals surface area contributed by atoms with E-state index >= 15 is 0 Å². The lowest BCUT2D eigenvalue weighted by atomic mass is 9.81. The number of halogens is 2. The fourth-order valence-electron chi connectivity index (χ4n) is 3.63. The van der Waals surface area contributed by atoms with Gasteiger partial charge in [-0.3, -0.25) is 4.79 Å². The number of aliphatic imine (C=N–C) groups is 1. The van der Waals surface area contributed by atoms with Crippen LogP contribution in [0.2, 0.25) is 5.02 Å². The number of aromatic nitrogens is 4. The molecule has 0 unspecified atom stereocenters. The number of nitrogens with one attached hydrogen (secondary N) is 1. The number of pyridine rings is 1. The van der Waals surface area contributed by atoms with E-state index in [4.69, 9.17) is 17.3 Å². The van der Waals surface area contributed by atoms with Gasteiger partial charge < -0.3 is 15.8 Å². The lowest BCUT2D eigenvalue weighted by Crippen LogP contribution is -2.39. The van der Waals surface area contributed by atoms with Crippen LogP contribution in [-0.2, 0) is 4.79 Å². The van der Waals surface area contributed by atoms with Gasteiger partial charge in [-0.2, -0.15) is 0 Å². The Morgan fingerprint density at radius 1 is 1.41 bits per heavy atom. The van der Waals surface area contributed by atoms with Gasteiger partial charge >= 0.3 is 0 Å². The maximum absolute atomic E-state index is 14.3. The second-order valence-electron chi connectivity index (χ2n) is 7.19. The van der Waals surface area contributed by atoms with Crippen LogP contribution < -0.4 is 5.73 Å². The number of fused-ring (bicyclic) bond motifs is 1. The fraction of sp³-hybridized carbons (Fsp3) is 0.316. The molecule has 0 bridgehead atoms. The first-order valence-corrected chi connectivity index (χ1v) is 9.43. The van der Waals surface area contributed by atoms with Crippen LogP contribution in [0.1, 0.15) is 32.1 Å². The number of hydrogen-bond acceptors (Lipinski definition) is 6. The summed E-state index contributed by atoms with van der Waals surface area (Å²) in [5, 5.41) is 11.7. The molecule has 3 heterocycles. The summed E-state index contributed by atoms with van der Waals surface area (Å²) in [4.78, 5) is 31.1. The molecule has 8 nitrogen and oxygen atoms in total. The molecule has 1 aliphatic rings. The fourth-order valence-corrected chi connectivity index (χ4v) is 3.79. The molecule has 3 aromatic rings. The van der Waals surface area contributed by atoms with Crippen LogP contribution in [-0.4, -0.2) is 42.3 Å². The van der Waals surface area contributed by atoms with Crippen LogP contribution in [0.4, 0.5) is 10.2 Å². The van der Waals surface area contributed by atoms with Crippen LogP contribution in [0.25, 0.3) is 22.4 Å². The average molecular weight is 417 g/mol. The zero-order chi connectivity index (χ0) is 20.6. The Morgan fingerprint density at radius 2 is 2.24 bits per heavy atom. The molecule has 0 saturated heterocycles. The van der Waals surface area contributed by atoms with Crippen molar-refractivity contribution in [3.05, 3.63) is 35.5 Å². The molecule has 150 valence electrons. The lowest BCUT2D eigenvalue weighted by molar-refractivity contribution is -0.123. The number of nitrogens with two attached hydrogens (primary N) is 1. The Bertz CT molecular complexity index is 1130. The number of rotatable bonds is 4. The number of carbonyl (C=O) groups excluding carboxylic acids is 1. The van der Waals surface area contributed by atoms with Gasteiger partial charge in [-0.15, -0.1) is 0 Å². The predicted molar refractivity (Wildman–Crippen MR) is 106 cm³/mol. The quantitative estimate of drug-likeness (QED) is 0.601. The second-order valence-corrected chi connectivity index (χ2v) is 7.63. The summed E-state index contributed by atoms with van der Waals surface area (Å²) in [6.45, 7) is 0. The van der Waals surface area contributed by atoms with E-state index in [1.165, 1.54) is 6.20 Å². The summed E-state index contributed by atoms with van der Waals surface area (Å²) in [5.41, 5.74) is 5.75. The topological polar surface area (TPSA) is 130 Å². The number of H-pyrrole nitrogens is 1. The van der Waals surface area contributed by atoms with Crippen LogP contribution >= 0.6 is 11.6 Å². The number of nitrogens with zero attached hydrogens (tertiary/aromatic N) is 4. The van der Waals surface area contributed by atoms with E-state index in [9.17, 15) is 14.3 Å². The molecule has 0 aromatic carbocycles. The molecule has 10 heteroatoms. The Hall–Kier alpha value is -2.91. The van der Waals surface area contributed by atoms with Crippen LogP contribution in [0.5, 0.6) is 0 Å². The molecule has 4 rings (SSSR count). The zero-order valence-corrected chi connectivity index (χ0v) is 16.1. The van der Waals surface area contributed by atoms with Crippen molar-refractivity contribution < 1.29 is 14.3 Å². The minimum absolute atomic E-state index is 0.127. The normalized spacial score (nSPS) is 21.0. The molecule has 0 radical (unpaired) electrons. The van der Waals surface area contributed by atoms with Crippen LogP contribution in [0.3, 0.4) is 0 Å². The number of amides is 1. The van der Waals surface area contributed by atoms with Crippen molar-refractivity contribution in [2.45, 2.75) is 37.7 Å². The molecule has 3 aromatic heterocycles. The minimum atomic E-state index is -1.26. The average Bonchev–Trinajstić information content (AvgIpc) is 3.05. The molecule has 0 spiro atoms. The maximum Gasteiger partial charge on any atom is 0.220 e. The highest BCUT2D eigenvalue weighted by molar-refractivity contribution is 6.31. The van der Waals surface area contributed by atoms with Gasteiger partial charge in [0, 0.05) is 35.5 Å². The standard InChI is InChI=1S/C19H18ClFN6O2/c20-10-4-12-13(8-24-16(12)23-7-10)17-25-9-14(21)18(27-17)26-11-2-1-3-19(29,5-11)6-15(22)28/h4,7-9,29H,1-3,5-6H2,(H2,22,28)(H,23,24)/t19-/m0/s1. The molecular weight excluding hydrogens is 399 g/mol. The highest BCUT2D eigenvalue weighted by Crippen LogP contribution is 2.32. The first-order chi connectivity index (χ1) is 13.8. The minimum Gasteiger partial charge on any atom is -0.389 e. The van der Waals surface area contributed by atoms with E-state index < -0.39 is 17.3 Å². The number of aliphatic hydroxyl groups is 1. The highest BCUT2D eigenvalue weighted by Gasteiger charge is 2.34. The lowest BCUT2D eigenvalue weighted by Gasteiger charge is -2.31. The molecule has 4 N–H and O–H groups in total. The van der Waals surface area contributed by atoms with E-state index in [0.717, 1.165) is 6.20 Å². The van der Waals surface area contributed by atoms with Gasteiger partial charge in [-0.05, 0) is 25.3 Å². The maximum atomic E-state index is 14.3. The number of primary amides is 1. The Kier molecular flexibility index (Phi) is 5.01. The van der Waals surface area contributed by atoms with Gasteiger partial charge in [0.15, 0.2) is 17.5 Å². The third kappa shape index (κ3) is 4.10. The Balaban J connectivity index is 1.69. The summed E-state index contributed by atoms with van der Waals surface area (Å²) in [5.74, 6) is -1.13. The first kappa shape index (κ1) is 19.4. The molecule has 29 heavy (non-hydrogen) atoms. The van der Waals surface area contributed by atoms with Crippen LogP contribution in [0.15, 0.2) is 29.6 Å². The number of hydrogen-bond donors (Lipinski definition) is 3. The smallest absolute Gasteiger partial charge is 0.220 e. The van der Waals surface area contributed by atoms with Crippen molar-refractivity contribution >= 4 is 40.1 Å². The Morgan fingerprint density at radius 3 is 3.03 bits per heavy atom. The molecule has 1 fully saturated rings. The summed E-state index contributed by atoms with van der Waals surface area (Å²) in [6.07, 6.45) is 5.86. The highest BCUT2D eigenvalue weighted by atomic mass is 35.5. The molecule has 1 amide bonds. The molecular formula is C19H18ClFN6O2. The van der Waals surface area contributed by atoms with Gasteiger partial charge in [0.25, 0.3) is 0 Å².